The highest BCUT2D eigenvalue weighted by atomic mass is 32.2. The van der Waals surface area contributed by atoms with Crippen LogP contribution in [0.1, 0.15) is 16.1 Å². The zero-order valence-electron chi connectivity index (χ0n) is 12.0. The first-order valence-corrected chi connectivity index (χ1v) is 9.00. The third-order valence-corrected chi connectivity index (χ3v) is 5.18. The van der Waals surface area contributed by atoms with Gasteiger partial charge in [-0.3, -0.25) is 4.79 Å². The van der Waals surface area contributed by atoms with Crippen LogP contribution in [0.4, 0.5) is 5.13 Å². The zero-order chi connectivity index (χ0) is 15.6. The minimum absolute atomic E-state index is 0.000911. The van der Waals surface area contributed by atoms with Crippen molar-refractivity contribution in [2.24, 2.45) is 0 Å². The monoisotopic (exact) mass is 324 g/mol. The second kappa shape index (κ2) is 5.95. The lowest BCUT2D eigenvalue weighted by Crippen LogP contribution is -2.16. The number of hydrogen-bond donors (Lipinski definition) is 1. The molecular weight excluding hydrogens is 308 g/mol. The smallest absolute Gasteiger partial charge is 0.230 e. The Morgan fingerprint density at radius 3 is 2.52 bits per heavy atom. The molecule has 0 unspecified atom stereocenters. The van der Waals surface area contributed by atoms with Gasteiger partial charge in [-0.2, -0.15) is 0 Å². The number of rotatable bonds is 4. The van der Waals surface area contributed by atoms with Gasteiger partial charge < -0.3 is 5.32 Å². The number of aryl methyl sites for hydroxylation is 2. The molecule has 5 nitrogen and oxygen atoms in total. The third-order valence-electron chi connectivity index (χ3n) is 3.00. The van der Waals surface area contributed by atoms with E-state index in [4.69, 9.17) is 0 Å². The van der Waals surface area contributed by atoms with Crippen LogP contribution in [0, 0.1) is 13.8 Å². The van der Waals surface area contributed by atoms with Crippen LogP contribution in [0.3, 0.4) is 0 Å². The summed E-state index contributed by atoms with van der Waals surface area (Å²) in [5, 5.41) is 3.24. The molecule has 0 bridgehead atoms. The van der Waals surface area contributed by atoms with Crippen molar-refractivity contribution in [1.82, 2.24) is 4.98 Å². The molecule has 0 aliphatic rings. The van der Waals surface area contributed by atoms with Crippen LogP contribution in [0.2, 0.25) is 0 Å². The molecule has 1 amide bonds. The summed E-state index contributed by atoms with van der Waals surface area (Å²) in [5.41, 5.74) is 1.37. The predicted molar refractivity (Wildman–Crippen MR) is 83.5 cm³/mol. The first kappa shape index (κ1) is 15.7. The quantitative estimate of drug-likeness (QED) is 0.936. The van der Waals surface area contributed by atoms with Gasteiger partial charge in [-0.25, -0.2) is 13.4 Å². The van der Waals surface area contributed by atoms with E-state index in [1.54, 1.807) is 18.2 Å². The molecule has 0 saturated heterocycles. The van der Waals surface area contributed by atoms with E-state index in [-0.39, 0.29) is 17.2 Å². The SMILES string of the molecule is Cc1nc(NC(=O)Cc2ccccc2S(C)(=O)=O)sc1C. The summed E-state index contributed by atoms with van der Waals surface area (Å²) in [5.74, 6) is -0.278. The van der Waals surface area contributed by atoms with E-state index in [1.165, 1.54) is 17.4 Å². The maximum atomic E-state index is 12.0. The number of sulfone groups is 1. The van der Waals surface area contributed by atoms with E-state index >= 15 is 0 Å². The number of carbonyl (C=O) groups excluding carboxylic acids is 1. The van der Waals surface area contributed by atoms with Crippen LogP contribution >= 0.6 is 11.3 Å². The summed E-state index contributed by atoms with van der Waals surface area (Å²) >= 11 is 1.40. The topological polar surface area (TPSA) is 76.1 Å². The van der Waals surface area contributed by atoms with Gasteiger partial charge in [0.05, 0.1) is 17.0 Å². The lowest BCUT2D eigenvalue weighted by molar-refractivity contribution is -0.115. The van der Waals surface area contributed by atoms with Gasteiger partial charge in [-0.15, -0.1) is 11.3 Å². The van der Waals surface area contributed by atoms with Crippen LogP contribution in [-0.4, -0.2) is 25.6 Å². The van der Waals surface area contributed by atoms with Gasteiger partial charge in [0.15, 0.2) is 15.0 Å². The predicted octanol–water partition coefficient (Wildman–Crippen LogP) is 2.34. The summed E-state index contributed by atoms with van der Waals surface area (Å²) in [4.78, 5) is 17.5. The lowest BCUT2D eigenvalue weighted by atomic mass is 10.1. The molecular formula is C14H16N2O3S2. The summed E-state index contributed by atoms with van der Waals surface area (Å²) in [6, 6.07) is 6.52. The average Bonchev–Trinajstić information content (AvgIpc) is 2.67. The number of nitrogens with one attached hydrogen (secondary N) is 1. The molecule has 1 N–H and O–H groups in total. The van der Waals surface area contributed by atoms with Gasteiger partial charge in [0.1, 0.15) is 0 Å². The summed E-state index contributed by atoms with van der Waals surface area (Å²) in [7, 11) is -3.35. The van der Waals surface area contributed by atoms with Crippen molar-refractivity contribution >= 4 is 32.2 Å². The largest absolute Gasteiger partial charge is 0.302 e. The third kappa shape index (κ3) is 3.89. The van der Waals surface area contributed by atoms with Crippen molar-refractivity contribution in [3.05, 3.63) is 40.4 Å². The molecule has 2 aromatic rings. The van der Waals surface area contributed by atoms with Crippen LogP contribution in [0.25, 0.3) is 0 Å². The van der Waals surface area contributed by atoms with E-state index in [0.717, 1.165) is 16.8 Å². The molecule has 0 atom stereocenters. The van der Waals surface area contributed by atoms with Crippen LogP contribution in [0.15, 0.2) is 29.2 Å². The molecule has 2 rings (SSSR count). The van der Waals surface area contributed by atoms with Crippen LogP contribution in [-0.2, 0) is 21.1 Å². The Hall–Kier alpha value is -1.73. The molecule has 112 valence electrons. The van der Waals surface area contributed by atoms with E-state index in [0.29, 0.717) is 10.7 Å². The first-order chi connectivity index (χ1) is 9.77. The number of carbonyl (C=O) groups is 1. The van der Waals surface area contributed by atoms with Gasteiger partial charge in [-0.05, 0) is 25.5 Å². The van der Waals surface area contributed by atoms with E-state index in [1.807, 2.05) is 13.8 Å². The Morgan fingerprint density at radius 1 is 1.29 bits per heavy atom. The summed E-state index contributed by atoms with van der Waals surface area (Å²) < 4.78 is 23.4. The normalized spacial score (nSPS) is 11.4. The molecule has 1 aromatic heterocycles. The first-order valence-electron chi connectivity index (χ1n) is 6.29. The number of amides is 1. The van der Waals surface area contributed by atoms with Crippen molar-refractivity contribution in [2.75, 3.05) is 11.6 Å². The molecule has 1 heterocycles. The van der Waals surface area contributed by atoms with Gasteiger partial charge in [0.2, 0.25) is 5.91 Å². The Kier molecular flexibility index (Phi) is 4.43. The number of aromatic nitrogens is 1. The molecule has 0 fully saturated rings. The van der Waals surface area contributed by atoms with Gasteiger partial charge in [0, 0.05) is 11.1 Å². The van der Waals surface area contributed by atoms with Gasteiger partial charge >= 0.3 is 0 Å². The standard InChI is InChI=1S/C14H16N2O3S2/c1-9-10(2)20-14(15-9)16-13(17)8-11-6-4-5-7-12(11)21(3,18)19/h4-7H,8H2,1-3H3,(H,15,16,17). The molecule has 0 spiro atoms. The molecule has 1 aromatic carbocycles. The number of nitrogens with zero attached hydrogens (tertiary/aromatic N) is 1. The average molecular weight is 324 g/mol. The molecule has 0 saturated carbocycles. The number of benzene rings is 1. The highest BCUT2D eigenvalue weighted by Crippen LogP contribution is 2.22. The number of thiazole rings is 1. The molecule has 7 heteroatoms. The Morgan fingerprint density at radius 2 is 1.95 bits per heavy atom. The highest BCUT2D eigenvalue weighted by Gasteiger charge is 2.16. The number of hydrogen-bond acceptors (Lipinski definition) is 5. The lowest BCUT2D eigenvalue weighted by Gasteiger charge is -2.07. The van der Waals surface area contributed by atoms with Crippen molar-refractivity contribution in [3.8, 4) is 0 Å². The Bertz CT molecular complexity index is 760. The van der Waals surface area contributed by atoms with Crippen LogP contribution < -0.4 is 5.32 Å². The fourth-order valence-corrected chi connectivity index (χ4v) is 3.65. The van der Waals surface area contributed by atoms with E-state index in [2.05, 4.69) is 10.3 Å². The van der Waals surface area contributed by atoms with Gasteiger partial charge in [0.25, 0.3) is 0 Å². The van der Waals surface area contributed by atoms with Crippen molar-refractivity contribution in [1.29, 1.82) is 0 Å². The van der Waals surface area contributed by atoms with Crippen molar-refractivity contribution in [2.45, 2.75) is 25.2 Å². The summed E-state index contributed by atoms with van der Waals surface area (Å²) in [6.07, 6.45) is 1.14. The molecule has 21 heavy (non-hydrogen) atoms. The van der Waals surface area contributed by atoms with Crippen LogP contribution in [0.5, 0.6) is 0 Å². The molecule has 0 radical (unpaired) electrons. The van der Waals surface area contributed by atoms with Crippen molar-refractivity contribution in [3.63, 3.8) is 0 Å². The fourth-order valence-electron chi connectivity index (χ4n) is 1.87. The minimum atomic E-state index is -3.35. The summed E-state index contributed by atoms with van der Waals surface area (Å²) in [6.45, 7) is 3.81. The Balaban J connectivity index is 2.17. The van der Waals surface area contributed by atoms with E-state index < -0.39 is 9.84 Å². The maximum absolute atomic E-state index is 12.0. The molecule has 0 aliphatic heterocycles. The minimum Gasteiger partial charge on any atom is -0.302 e. The fraction of sp³-hybridized carbons (Fsp3) is 0.286. The highest BCUT2D eigenvalue weighted by molar-refractivity contribution is 7.90. The zero-order valence-corrected chi connectivity index (χ0v) is 13.6. The molecule has 0 aliphatic carbocycles. The second-order valence-electron chi connectivity index (χ2n) is 4.77. The second-order valence-corrected chi connectivity index (χ2v) is 7.95. The van der Waals surface area contributed by atoms with Crippen molar-refractivity contribution < 1.29 is 13.2 Å². The van der Waals surface area contributed by atoms with E-state index in [9.17, 15) is 13.2 Å². The number of anilines is 1. The van der Waals surface area contributed by atoms with Gasteiger partial charge in [-0.1, -0.05) is 18.2 Å². The Labute approximate surface area is 128 Å². The maximum Gasteiger partial charge on any atom is 0.230 e.